The number of ether oxygens (including phenoxy) is 1. The highest BCUT2D eigenvalue weighted by molar-refractivity contribution is 6.51. The number of fused-ring (bicyclic) bond motifs is 1. The van der Waals surface area contributed by atoms with Crippen molar-refractivity contribution in [2.24, 2.45) is 0 Å². The fourth-order valence-electron chi connectivity index (χ4n) is 4.50. The van der Waals surface area contributed by atoms with E-state index in [1.807, 2.05) is 13.0 Å². The molecule has 1 unspecified atom stereocenters. The molecule has 3 N–H and O–H groups in total. The number of halogens is 2. The third-order valence-corrected chi connectivity index (χ3v) is 6.78. The van der Waals surface area contributed by atoms with Crippen LogP contribution in [0.3, 0.4) is 0 Å². The maximum absolute atomic E-state index is 13.4. The predicted molar refractivity (Wildman–Crippen MR) is 142 cm³/mol. The van der Waals surface area contributed by atoms with Gasteiger partial charge < -0.3 is 19.9 Å². The molecule has 0 bridgehead atoms. The number of H-pyrrole nitrogens is 1. The molecule has 0 radical (unpaired) electrons. The fourth-order valence-corrected chi connectivity index (χ4v) is 5.14. The normalized spacial score (nSPS) is 16.8. The van der Waals surface area contributed by atoms with Gasteiger partial charge >= 0.3 is 11.9 Å². The number of aromatic nitrogens is 2. The number of carbonyl (C=O) groups excluding carboxylic acids is 2. The first-order valence-corrected chi connectivity index (χ1v) is 12.0. The molecule has 1 aromatic heterocycles. The van der Waals surface area contributed by atoms with Crippen LogP contribution in [0.1, 0.15) is 33.1 Å². The molecule has 1 fully saturated rings. The van der Waals surface area contributed by atoms with Crippen LogP contribution in [-0.4, -0.2) is 45.0 Å². The van der Waals surface area contributed by atoms with Crippen molar-refractivity contribution < 1.29 is 29.3 Å². The first kappa shape index (κ1) is 25.3. The molecule has 0 aliphatic carbocycles. The summed E-state index contributed by atoms with van der Waals surface area (Å²) in [5, 5.41) is 20.9. The van der Waals surface area contributed by atoms with E-state index in [2.05, 4.69) is 9.97 Å². The molecule has 2 heterocycles. The minimum atomic E-state index is -1.12. The van der Waals surface area contributed by atoms with E-state index in [0.717, 1.165) is 10.5 Å². The van der Waals surface area contributed by atoms with Crippen LogP contribution in [0.4, 0.5) is 5.95 Å². The third-order valence-electron chi connectivity index (χ3n) is 6.22. The van der Waals surface area contributed by atoms with E-state index in [9.17, 15) is 24.6 Å². The maximum Gasteiger partial charge on any atom is 0.335 e. The largest absolute Gasteiger partial charge is 0.507 e. The van der Waals surface area contributed by atoms with Crippen LogP contribution >= 0.6 is 23.2 Å². The van der Waals surface area contributed by atoms with Gasteiger partial charge in [0.1, 0.15) is 5.76 Å². The fraction of sp³-hybridized carbons (Fsp3) is 0.111. The summed E-state index contributed by atoms with van der Waals surface area (Å²) in [6.45, 7) is 1.85. The van der Waals surface area contributed by atoms with Gasteiger partial charge in [0.25, 0.3) is 5.78 Å². The number of amides is 1. The highest BCUT2D eigenvalue weighted by Gasteiger charge is 2.48. The summed E-state index contributed by atoms with van der Waals surface area (Å²) in [7, 11) is 1.39. The molecule has 192 valence electrons. The zero-order valence-corrected chi connectivity index (χ0v) is 21.5. The van der Waals surface area contributed by atoms with Gasteiger partial charge in [0, 0.05) is 5.56 Å². The molecule has 4 aromatic rings. The number of carbonyl (C=O) groups is 3. The van der Waals surface area contributed by atoms with Gasteiger partial charge in [-0.1, -0.05) is 53.0 Å². The van der Waals surface area contributed by atoms with Gasteiger partial charge in [-0.15, -0.1) is 0 Å². The molecule has 1 amide bonds. The monoisotopic (exact) mass is 551 g/mol. The number of hydrogen-bond acceptors (Lipinski definition) is 6. The second kappa shape index (κ2) is 9.51. The van der Waals surface area contributed by atoms with Crippen LogP contribution < -0.4 is 9.64 Å². The predicted octanol–water partition coefficient (Wildman–Crippen LogP) is 5.51. The number of aliphatic hydroxyl groups excluding tert-OH is 1. The molecule has 38 heavy (non-hydrogen) atoms. The average Bonchev–Trinajstić information content (AvgIpc) is 3.41. The molecule has 1 saturated heterocycles. The van der Waals surface area contributed by atoms with E-state index in [-0.39, 0.29) is 38.4 Å². The number of aryl methyl sites for hydroxylation is 1. The number of carboxylic acid groups (broad SMARTS) is 1. The zero-order valence-electron chi connectivity index (χ0n) is 20.0. The van der Waals surface area contributed by atoms with E-state index in [1.54, 1.807) is 18.2 Å². The minimum Gasteiger partial charge on any atom is -0.507 e. The average molecular weight is 552 g/mol. The van der Waals surface area contributed by atoms with E-state index in [1.165, 1.54) is 37.4 Å². The van der Waals surface area contributed by atoms with Crippen molar-refractivity contribution in [1.82, 2.24) is 9.97 Å². The Hall–Kier alpha value is -4.34. The number of nitrogens with one attached hydrogen (secondary N) is 1. The number of nitrogens with zero attached hydrogens (tertiary/aromatic N) is 2. The molecule has 11 heteroatoms. The smallest absolute Gasteiger partial charge is 0.335 e. The van der Waals surface area contributed by atoms with Gasteiger partial charge in [0.05, 0.1) is 45.4 Å². The van der Waals surface area contributed by atoms with Crippen molar-refractivity contribution in [3.05, 3.63) is 92.5 Å². The van der Waals surface area contributed by atoms with Crippen LogP contribution in [0.15, 0.2) is 60.2 Å². The number of aromatic carboxylic acids is 1. The number of imidazole rings is 1. The van der Waals surface area contributed by atoms with E-state index < -0.39 is 29.5 Å². The van der Waals surface area contributed by atoms with Crippen molar-refractivity contribution in [3.63, 3.8) is 0 Å². The zero-order chi connectivity index (χ0) is 27.3. The Kier molecular flexibility index (Phi) is 6.34. The Balaban J connectivity index is 1.73. The van der Waals surface area contributed by atoms with Crippen LogP contribution in [-0.2, 0) is 9.59 Å². The summed E-state index contributed by atoms with van der Waals surface area (Å²) in [6.07, 6.45) is 0. The summed E-state index contributed by atoms with van der Waals surface area (Å²) in [5.74, 6) is -3.26. The van der Waals surface area contributed by atoms with Crippen molar-refractivity contribution in [2.45, 2.75) is 13.0 Å². The van der Waals surface area contributed by atoms with Gasteiger partial charge in [-0.25, -0.2) is 9.78 Å². The molecule has 3 aromatic carbocycles. The molecule has 0 saturated carbocycles. The number of aromatic amines is 1. The quantitative estimate of drug-likeness (QED) is 0.169. The highest BCUT2D eigenvalue weighted by atomic mass is 35.5. The summed E-state index contributed by atoms with van der Waals surface area (Å²) in [6, 6.07) is 13.1. The number of hydrogen-bond donors (Lipinski definition) is 3. The first-order chi connectivity index (χ1) is 18.1. The Morgan fingerprint density at radius 2 is 1.74 bits per heavy atom. The maximum atomic E-state index is 13.4. The van der Waals surface area contributed by atoms with Gasteiger partial charge in [-0.05, 0) is 42.8 Å². The second-order valence-electron chi connectivity index (χ2n) is 8.65. The molecular weight excluding hydrogens is 533 g/mol. The Labute approximate surface area is 225 Å². The number of ketones is 1. The standard InChI is InChI=1S/C27H19Cl2N3O6/c1-12-4-3-5-13(8-12)21-20(22(33)15-9-16(28)24(38-2)17(29)10-15)23(34)25(35)32(21)27-30-18-7-6-14(26(36)37)11-19(18)31-27/h3-11,21,33H,1-2H3,(H,30,31)(H,36,37)/b22-20+. The molecular formula is C27H19Cl2N3O6. The molecule has 1 aliphatic rings. The van der Waals surface area contributed by atoms with Crippen LogP contribution in [0.5, 0.6) is 5.75 Å². The summed E-state index contributed by atoms with van der Waals surface area (Å²) in [5.41, 5.74) is 2.11. The first-order valence-electron chi connectivity index (χ1n) is 11.2. The molecule has 1 aliphatic heterocycles. The summed E-state index contributed by atoms with van der Waals surface area (Å²) in [4.78, 5) is 46.8. The van der Waals surface area contributed by atoms with Crippen molar-refractivity contribution in [1.29, 1.82) is 0 Å². The van der Waals surface area contributed by atoms with Gasteiger partial charge in [-0.3, -0.25) is 14.5 Å². The van der Waals surface area contributed by atoms with Crippen molar-refractivity contribution >= 4 is 63.6 Å². The SMILES string of the molecule is COc1c(Cl)cc(/C(O)=C2\C(=O)C(=O)N(c3nc4ccc(C(=O)O)cc4[nH]3)C2c2cccc(C)c2)cc1Cl. The van der Waals surface area contributed by atoms with Gasteiger partial charge in [0.2, 0.25) is 5.95 Å². The Morgan fingerprint density at radius 3 is 2.37 bits per heavy atom. The summed E-state index contributed by atoms with van der Waals surface area (Å²) < 4.78 is 5.16. The lowest BCUT2D eigenvalue weighted by atomic mass is 9.94. The third kappa shape index (κ3) is 4.15. The topological polar surface area (TPSA) is 133 Å². The molecule has 1 atom stereocenters. The molecule has 9 nitrogen and oxygen atoms in total. The lowest BCUT2D eigenvalue weighted by molar-refractivity contribution is -0.132. The number of rotatable bonds is 5. The second-order valence-corrected chi connectivity index (χ2v) is 9.47. The van der Waals surface area contributed by atoms with Gasteiger partial charge in [-0.2, -0.15) is 0 Å². The Morgan fingerprint density at radius 1 is 1.03 bits per heavy atom. The minimum absolute atomic E-state index is 0.0148. The number of methoxy groups -OCH3 is 1. The number of Topliss-reactive ketones (excluding diaryl/α,β-unsaturated/α-hetero) is 1. The van der Waals surface area contributed by atoms with Crippen molar-refractivity contribution in [3.8, 4) is 5.75 Å². The van der Waals surface area contributed by atoms with Gasteiger partial charge in [0.15, 0.2) is 5.75 Å². The van der Waals surface area contributed by atoms with Crippen LogP contribution in [0.25, 0.3) is 16.8 Å². The number of carboxylic acids is 1. The lowest BCUT2D eigenvalue weighted by Crippen LogP contribution is -2.30. The number of anilines is 1. The molecule has 5 rings (SSSR count). The Bertz CT molecular complexity index is 1670. The molecule has 0 spiro atoms. The number of aliphatic hydroxyl groups is 1. The highest BCUT2D eigenvalue weighted by Crippen LogP contribution is 2.43. The van der Waals surface area contributed by atoms with Crippen molar-refractivity contribution in [2.75, 3.05) is 12.0 Å². The summed E-state index contributed by atoms with van der Waals surface area (Å²) >= 11 is 12.5. The van der Waals surface area contributed by atoms with Crippen LogP contribution in [0, 0.1) is 6.92 Å². The number of benzene rings is 3. The lowest BCUT2D eigenvalue weighted by Gasteiger charge is -2.23. The van der Waals surface area contributed by atoms with E-state index >= 15 is 0 Å². The van der Waals surface area contributed by atoms with E-state index in [0.29, 0.717) is 16.6 Å². The van der Waals surface area contributed by atoms with E-state index in [4.69, 9.17) is 27.9 Å². The van der Waals surface area contributed by atoms with Crippen LogP contribution in [0.2, 0.25) is 10.0 Å².